The first-order valence-electron chi connectivity index (χ1n) is 5.56. The van der Waals surface area contributed by atoms with E-state index in [0.29, 0.717) is 0 Å². The van der Waals surface area contributed by atoms with Crippen molar-refractivity contribution >= 4 is 0 Å². The van der Waals surface area contributed by atoms with Gasteiger partial charge in [-0.3, -0.25) is 4.90 Å². The first kappa shape index (κ1) is 13.0. The Morgan fingerprint density at radius 2 is 1.94 bits per heavy atom. The van der Waals surface area contributed by atoms with E-state index in [1.807, 2.05) is 45.2 Å². The number of rotatable bonds is 5. The Kier molecular flexibility index (Phi) is 4.77. The zero-order valence-electron chi connectivity index (χ0n) is 10.5. The standard InChI is InChI=1S/C13H21NO2/c1-10(11(2)15)14(3)9-12-7-5-6-8-13(12)16-4/h5-8,10-11,15H,9H2,1-4H3. The number of para-hydroxylation sites is 1. The maximum absolute atomic E-state index is 9.52. The minimum absolute atomic E-state index is 0.130. The molecule has 0 amide bonds. The summed E-state index contributed by atoms with van der Waals surface area (Å²) >= 11 is 0. The van der Waals surface area contributed by atoms with Crippen molar-refractivity contribution in [1.82, 2.24) is 4.90 Å². The van der Waals surface area contributed by atoms with Crippen LogP contribution in [0, 0.1) is 0 Å². The summed E-state index contributed by atoms with van der Waals surface area (Å²) in [5, 5.41) is 9.52. The van der Waals surface area contributed by atoms with Crippen LogP contribution in [0.1, 0.15) is 19.4 Å². The number of ether oxygens (including phenoxy) is 1. The molecule has 0 saturated carbocycles. The van der Waals surface area contributed by atoms with Gasteiger partial charge in [-0.15, -0.1) is 0 Å². The van der Waals surface area contributed by atoms with Gasteiger partial charge in [-0.1, -0.05) is 18.2 Å². The van der Waals surface area contributed by atoms with Crippen molar-refractivity contribution in [2.75, 3.05) is 14.2 Å². The lowest BCUT2D eigenvalue weighted by Gasteiger charge is -2.27. The molecule has 0 aliphatic rings. The fraction of sp³-hybridized carbons (Fsp3) is 0.538. The quantitative estimate of drug-likeness (QED) is 0.827. The van der Waals surface area contributed by atoms with Crippen LogP contribution in [0.2, 0.25) is 0 Å². The monoisotopic (exact) mass is 223 g/mol. The Morgan fingerprint density at radius 1 is 1.31 bits per heavy atom. The minimum atomic E-state index is -0.334. The van der Waals surface area contributed by atoms with Gasteiger partial charge in [0.1, 0.15) is 5.75 Å². The predicted molar refractivity (Wildman–Crippen MR) is 65.6 cm³/mol. The first-order chi connectivity index (χ1) is 7.56. The minimum Gasteiger partial charge on any atom is -0.496 e. The molecule has 0 spiro atoms. The molecular formula is C13H21NO2. The van der Waals surface area contributed by atoms with Crippen LogP contribution in [-0.4, -0.2) is 36.3 Å². The van der Waals surface area contributed by atoms with Crippen molar-refractivity contribution in [2.45, 2.75) is 32.5 Å². The molecule has 0 aliphatic carbocycles. The van der Waals surface area contributed by atoms with E-state index < -0.39 is 0 Å². The molecule has 0 bridgehead atoms. The summed E-state index contributed by atoms with van der Waals surface area (Å²) < 4.78 is 5.30. The Balaban J connectivity index is 2.72. The van der Waals surface area contributed by atoms with E-state index in [-0.39, 0.29) is 12.1 Å². The molecule has 1 rings (SSSR count). The van der Waals surface area contributed by atoms with Gasteiger partial charge >= 0.3 is 0 Å². The molecule has 0 heterocycles. The smallest absolute Gasteiger partial charge is 0.123 e. The molecule has 0 aliphatic heterocycles. The SMILES string of the molecule is COc1ccccc1CN(C)C(C)C(C)O. The number of benzene rings is 1. The number of likely N-dealkylation sites (N-methyl/N-ethyl adjacent to an activating group) is 1. The number of hydrogen-bond donors (Lipinski definition) is 1. The Bertz CT molecular complexity index is 325. The molecule has 90 valence electrons. The number of hydrogen-bond acceptors (Lipinski definition) is 3. The van der Waals surface area contributed by atoms with Crippen LogP contribution in [0.3, 0.4) is 0 Å². The second-order valence-corrected chi connectivity index (χ2v) is 4.21. The normalized spacial score (nSPS) is 14.9. The number of aliphatic hydroxyl groups is 1. The third kappa shape index (κ3) is 3.22. The van der Waals surface area contributed by atoms with Crippen LogP contribution in [0.15, 0.2) is 24.3 Å². The zero-order chi connectivity index (χ0) is 12.1. The summed E-state index contributed by atoms with van der Waals surface area (Å²) in [5.41, 5.74) is 1.14. The molecule has 0 fully saturated rings. The van der Waals surface area contributed by atoms with Crippen molar-refractivity contribution in [3.63, 3.8) is 0 Å². The van der Waals surface area contributed by atoms with Crippen molar-refractivity contribution < 1.29 is 9.84 Å². The second kappa shape index (κ2) is 5.87. The van der Waals surface area contributed by atoms with Crippen LogP contribution >= 0.6 is 0 Å². The summed E-state index contributed by atoms with van der Waals surface area (Å²) in [6, 6.07) is 8.09. The van der Waals surface area contributed by atoms with Gasteiger partial charge in [-0.25, -0.2) is 0 Å². The van der Waals surface area contributed by atoms with Gasteiger partial charge in [-0.2, -0.15) is 0 Å². The predicted octanol–water partition coefficient (Wildman–Crippen LogP) is 1.90. The molecule has 0 saturated heterocycles. The van der Waals surface area contributed by atoms with E-state index in [9.17, 15) is 5.11 Å². The Hall–Kier alpha value is -1.06. The summed E-state index contributed by atoms with van der Waals surface area (Å²) in [7, 11) is 3.68. The van der Waals surface area contributed by atoms with Gasteiger partial charge < -0.3 is 9.84 Å². The van der Waals surface area contributed by atoms with E-state index in [2.05, 4.69) is 4.90 Å². The van der Waals surface area contributed by atoms with Crippen LogP contribution in [0.25, 0.3) is 0 Å². The van der Waals surface area contributed by atoms with Crippen LogP contribution in [-0.2, 0) is 6.54 Å². The van der Waals surface area contributed by atoms with Crippen LogP contribution < -0.4 is 4.74 Å². The maximum atomic E-state index is 9.52. The molecule has 1 aromatic rings. The van der Waals surface area contributed by atoms with Crippen LogP contribution in [0.5, 0.6) is 5.75 Å². The average Bonchev–Trinajstić information content (AvgIpc) is 2.28. The van der Waals surface area contributed by atoms with Crippen molar-refractivity contribution in [3.05, 3.63) is 29.8 Å². The molecule has 0 aromatic heterocycles. The van der Waals surface area contributed by atoms with Crippen molar-refractivity contribution in [2.24, 2.45) is 0 Å². The van der Waals surface area contributed by atoms with Gasteiger partial charge in [0.25, 0.3) is 0 Å². The Labute approximate surface area is 97.7 Å². The molecule has 2 unspecified atom stereocenters. The number of aliphatic hydroxyl groups excluding tert-OH is 1. The maximum Gasteiger partial charge on any atom is 0.123 e. The molecule has 3 nitrogen and oxygen atoms in total. The largest absolute Gasteiger partial charge is 0.496 e. The van der Waals surface area contributed by atoms with E-state index in [0.717, 1.165) is 17.9 Å². The fourth-order valence-corrected chi connectivity index (χ4v) is 1.61. The summed E-state index contributed by atoms with van der Waals surface area (Å²) in [4.78, 5) is 2.11. The molecule has 3 heteroatoms. The lowest BCUT2D eigenvalue weighted by molar-refractivity contribution is 0.0823. The highest BCUT2D eigenvalue weighted by Gasteiger charge is 2.15. The number of nitrogens with zero attached hydrogens (tertiary/aromatic N) is 1. The first-order valence-corrected chi connectivity index (χ1v) is 5.56. The van der Waals surface area contributed by atoms with E-state index >= 15 is 0 Å². The highest BCUT2D eigenvalue weighted by atomic mass is 16.5. The number of methoxy groups -OCH3 is 1. The lowest BCUT2D eigenvalue weighted by atomic mass is 10.1. The van der Waals surface area contributed by atoms with Crippen molar-refractivity contribution in [3.8, 4) is 5.75 Å². The summed E-state index contributed by atoms with van der Waals surface area (Å²) in [6.07, 6.45) is -0.334. The molecule has 0 radical (unpaired) electrons. The molecular weight excluding hydrogens is 202 g/mol. The molecule has 1 aromatic carbocycles. The average molecular weight is 223 g/mol. The van der Waals surface area contributed by atoms with Gasteiger partial charge in [0.2, 0.25) is 0 Å². The summed E-state index contributed by atoms with van der Waals surface area (Å²) in [6.45, 7) is 4.60. The van der Waals surface area contributed by atoms with Crippen LogP contribution in [0.4, 0.5) is 0 Å². The van der Waals surface area contributed by atoms with E-state index in [4.69, 9.17) is 4.74 Å². The third-order valence-corrected chi connectivity index (χ3v) is 3.01. The van der Waals surface area contributed by atoms with Crippen molar-refractivity contribution in [1.29, 1.82) is 0 Å². The fourth-order valence-electron chi connectivity index (χ4n) is 1.61. The molecule has 2 atom stereocenters. The van der Waals surface area contributed by atoms with Gasteiger partial charge in [0, 0.05) is 18.2 Å². The topological polar surface area (TPSA) is 32.7 Å². The van der Waals surface area contributed by atoms with Gasteiger partial charge in [0.05, 0.1) is 13.2 Å². The zero-order valence-corrected chi connectivity index (χ0v) is 10.5. The van der Waals surface area contributed by atoms with Gasteiger partial charge in [-0.05, 0) is 27.0 Å². The van der Waals surface area contributed by atoms with E-state index in [1.165, 1.54) is 0 Å². The highest BCUT2D eigenvalue weighted by Crippen LogP contribution is 2.19. The Morgan fingerprint density at radius 3 is 2.50 bits per heavy atom. The van der Waals surface area contributed by atoms with E-state index in [1.54, 1.807) is 7.11 Å². The third-order valence-electron chi connectivity index (χ3n) is 3.01. The second-order valence-electron chi connectivity index (χ2n) is 4.21. The molecule has 1 N–H and O–H groups in total. The highest BCUT2D eigenvalue weighted by molar-refractivity contribution is 5.33. The lowest BCUT2D eigenvalue weighted by Crippen LogP contribution is -2.36. The summed E-state index contributed by atoms with van der Waals surface area (Å²) in [5.74, 6) is 0.896. The van der Waals surface area contributed by atoms with Gasteiger partial charge in [0.15, 0.2) is 0 Å². The molecule has 16 heavy (non-hydrogen) atoms.